The van der Waals surface area contributed by atoms with Crippen LogP contribution in [0.2, 0.25) is 0 Å². The molecule has 0 unspecified atom stereocenters. The minimum Gasteiger partial charge on any atom is -0.497 e. The number of carbonyl (C=O) groups excluding carboxylic acids is 1. The number of amides is 1. The van der Waals surface area contributed by atoms with Gasteiger partial charge in [0.2, 0.25) is 0 Å². The lowest BCUT2D eigenvalue weighted by Gasteiger charge is -2.23. The second kappa shape index (κ2) is 8.34. The summed E-state index contributed by atoms with van der Waals surface area (Å²) in [6, 6.07) is 4.88. The first kappa shape index (κ1) is 18.5. The summed E-state index contributed by atoms with van der Waals surface area (Å²) in [5.41, 5.74) is 5.83. The average Bonchev–Trinajstić information content (AvgIpc) is 2.57. The van der Waals surface area contributed by atoms with Gasteiger partial charge in [-0.3, -0.25) is 4.79 Å². The largest absolute Gasteiger partial charge is 0.497 e. The van der Waals surface area contributed by atoms with Crippen LogP contribution in [0, 0.1) is 0 Å². The van der Waals surface area contributed by atoms with E-state index in [4.69, 9.17) is 15.2 Å². The Kier molecular flexibility index (Phi) is 6.44. The van der Waals surface area contributed by atoms with Gasteiger partial charge < -0.3 is 20.5 Å². The summed E-state index contributed by atoms with van der Waals surface area (Å²) in [6.07, 6.45) is 1.55. The monoisotopic (exact) mass is 356 g/mol. The van der Waals surface area contributed by atoms with Crippen LogP contribution in [0.15, 0.2) is 18.2 Å². The molecule has 1 heterocycles. The van der Waals surface area contributed by atoms with Gasteiger partial charge in [-0.25, -0.2) is 8.42 Å². The van der Waals surface area contributed by atoms with Crippen LogP contribution >= 0.6 is 0 Å². The summed E-state index contributed by atoms with van der Waals surface area (Å²) < 4.78 is 33.7. The predicted molar refractivity (Wildman–Crippen MR) is 91.3 cm³/mol. The van der Waals surface area contributed by atoms with E-state index in [1.165, 1.54) is 7.11 Å². The van der Waals surface area contributed by atoms with Gasteiger partial charge in [0, 0.05) is 6.04 Å². The van der Waals surface area contributed by atoms with Crippen LogP contribution in [0.4, 0.5) is 0 Å². The number of carbonyl (C=O) groups is 1. The van der Waals surface area contributed by atoms with Gasteiger partial charge in [-0.15, -0.1) is 0 Å². The molecule has 1 saturated heterocycles. The van der Waals surface area contributed by atoms with E-state index in [1.54, 1.807) is 18.2 Å². The van der Waals surface area contributed by atoms with Crippen molar-refractivity contribution in [2.24, 2.45) is 5.73 Å². The van der Waals surface area contributed by atoms with E-state index in [0.29, 0.717) is 49.5 Å². The number of hydrogen-bond donors (Lipinski definition) is 2. The number of nitrogens with one attached hydrogen (secondary N) is 1. The molecule has 1 aliphatic rings. The molecule has 7 nitrogen and oxygen atoms in total. The highest BCUT2D eigenvalue weighted by Crippen LogP contribution is 2.25. The number of ether oxygens (including phenoxy) is 2. The molecule has 0 bridgehead atoms. The molecule has 0 aliphatic carbocycles. The van der Waals surface area contributed by atoms with Gasteiger partial charge in [0.15, 0.2) is 0 Å². The van der Waals surface area contributed by atoms with E-state index in [0.717, 1.165) is 0 Å². The zero-order valence-corrected chi connectivity index (χ0v) is 14.6. The van der Waals surface area contributed by atoms with Crippen LogP contribution in [0.5, 0.6) is 11.5 Å². The van der Waals surface area contributed by atoms with Crippen molar-refractivity contribution in [3.8, 4) is 11.5 Å². The van der Waals surface area contributed by atoms with E-state index in [2.05, 4.69) is 5.32 Å². The van der Waals surface area contributed by atoms with E-state index in [1.807, 2.05) is 0 Å². The van der Waals surface area contributed by atoms with E-state index in [-0.39, 0.29) is 23.5 Å². The number of rotatable bonds is 7. The molecule has 0 spiro atoms. The molecular formula is C16H24N2O5S. The maximum absolute atomic E-state index is 12.6. The van der Waals surface area contributed by atoms with Crippen molar-refractivity contribution >= 4 is 15.7 Å². The second-order valence-electron chi connectivity index (χ2n) is 5.75. The van der Waals surface area contributed by atoms with Crippen molar-refractivity contribution in [1.29, 1.82) is 0 Å². The summed E-state index contributed by atoms with van der Waals surface area (Å²) in [6.45, 7) is 0.930. The number of benzene rings is 1. The Morgan fingerprint density at radius 3 is 2.67 bits per heavy atom. The zero-order valence-electron chi connectivity index (χ0n) is 13.8. The Bertz CT molecular complexity index is 661. The molecule has 0 radical (unpaired) electrons. The standard InChI is InChI=1S/C16H24N2O5S/c1-22-13-3-4-15(23-8-2-7-17)14(11-13)16(19)18-12-5-9-24(20,21)10-6-12/h3-4,11-12H,2,5-10,17H2,1H3,(H,18,19). The van der Waals surface area contributed by atoms with Crippen LogP contribution in [-0.2, 0) is 9.84 Å². The first-order valence-corrected chi connectivity index (χ1v) is 9.79. The molecule has 1 aliphatic heterocycles. The zero-order chi connectivity index (χ0) is 17.6. The summed E-state index contributed by atoms with van der Waals surface area (Å²) in [4.78, 5) is 12.6. The minimum atomic E-state index is -2.96. The Labute approximate surface area is 142 Å². The molecule has 8 heteroatoms. The van der Waals surface area contributed by atoms with E-state index < -0.39 is 9.84 Å². The first-order chi connectivity index (χ1) is 11.4. The van der Waals surface area contributed by atoms with Gasteiger partial charge in [-0.05, 0) is 44.0 Å². The third-order valence-corrected chi connectivity index (χ3v) is 5.64. The quantitative estimate of drug-likeness (QED) is 0.698. The third-order valence-electron chi connectivity index (χ3n) is 3.93. The fourth-order valence-corrected chi connectivity index (χ4v) is 3.99. The molecule has 2 rings (SSSR count). The highest BCUT2D eigenvalue weighted by Gasteiger charge is 2.26. The van der Waals surface area contributed by atoms with Crippen molar-refractivity contribution in [1.82, 2.24) is 5.32 Å². The van der Waals surface area contributed by atoms with Crippen molar-refractivity contribution in [3.63, 3.8) is 0 Å². The Morgan fingerprint density at radius 2 is 2.04 bits per heavy atom. The molecule has 0 saturated carbocycles. The second-order valence-corrected chi connectivity index (χ2v) is 8.06. The Hall–Kier alpha value is -1.80. The summed E-state index contributed by atoms with van der Waals surface area (Å²) in [7, 11) is -1.43. The van der Waals surface area contributed by atoms with E-state index in [9.17, 15) is 13.2 Å². The normalized spacial score (nSPS) is 17.2. The lowest BCUT2D eigenvalue weighted by atomic mass is 10.1. The van der Waals surface area contributed by atoms with Crippen molar-refractivity contribution < 1.29 is 22.7 Å². The topological polar surface area (TPSA) is 108 Å². The molecule has 134 valence electrons. The fourth-order valence-electron chi connectivity index (χ4n) is 2.50. The molecular weight excluding hydrogens is 332 g/mol. The number of nitrogens with two attached hydrogens (primary N) is 1. The van der Waals surface area contributed by atoms with E-state index >= 15 is 0 Å². The van der Waals surface area contributed by atoms with Crippen molar-refractivity contribution in [2.75, 3.05) is 31.8 Å². The van der Waals surface area contributed by atoms with Gasteiger partial charge >= 0.3 is 0 Å². The molecule has 1 amide bonds. The molecule has 24 heavy (non-hydrogen) atoms. The van der Waals surface area contributed by atoms with Gasteiger partial charge in [-0.2, -0.15) is 0 Å². The van der Waals surface area contributed by atoms with Gasteiger partial charge in [0.1, 0.15) is 21.3 Å². The van der Waals surface area contributed by atoms with Gasteiger partial charge in [-0.1, -0.05) is 0 Å². The molecule has 3 N–H and O–H groups in total. The number of sulfone groups is 1. The number of hydrogen-bond acceptors (Lipinski definition) is 6. The summed E-state index contributed by atoms with van der Waals surface area (Å²) >= 11 is 0. The molecule has 1 aromatic carbocycles. The average molecular weight is 356 g/mol. The van der Waals surface area contributed by atoms with Crippen LogP contribution in [0.1, 0.15) is 29.6 Å². The summed E-state index contributed by atoms with van der Waals surface area (Å²) in [5, 5.41) is 2.89. The smallest absolute Gasteiger partial charge is 0.255 e. The maximum atomic E-state index is 12.6. The SMILES string of the molecule is COc1ccc(OCCCN)c(C(=O)NC2CCS(=O)(=O)CC2)c1. The predicted octanol–water partition coefficient (Wildman–Crippen LogP) is 0.730. The van der Waals surface area contributed by atoms with Gasteiger partial charge in [0.25, 0.3) is 5.91 Å². The first-order valence-electron chi connectivity index (χ1n) is 7.97. The Morgan fingerprint density at radius 1 is 1.33 bits per heavy atom. The third kappa shape index (κ3) is 5.10. The molecule has 1 aromatic rings. The molecule has 0 aromatic heterocycles. The van der Waals surface area contributed by atoms with Crippen molar-refractivity contribution in [3.05, 3.63) is 23.8 Å². The van der Waals surface area contributed by atoms with Crippen molar-refractivity contribution in [2.45, 2.75) is 25.3 Å². The Balaban J connectivity index is 2.08. The lowest BCUT2D eigenvalue weighted by molar-refractivity contribution is 0.0929. The maximum Gasteiger partial charge on any atom is 0.255 e. The van der Waals surface area contributed by atoms with Gasteiger partial charge in [0.05, 0.1) is 30.8 Å². The molecule has 0 atom stereocenters. The van der Waals surface area contributed by atoms with Crippen LogP contribution in [0.3, 0.4) is 0 Å². The van der Waals surface area contributed by atoms with Crippen LogP contribution in [0.25, 0.3) is 0 Å². The fraction of sp³-hybridized carbons (Fsp3) is 0.562. The highest BCUT2D eigenvalue weighted by molar-refractivity contribution is 7.91. The lowest BCUT2D eigenvalue weighted by Crippen LogP contribution is -2.41. The number of methoxy groups -OCH3 is 1. The van der Waals surface area contributed by atoms with Crippen LogP contribution < -0.4 is 20.5 Å². The molecule has 1 fully saturated rings. The van der Waals surface area contributed by atoms with Crippen LogP contribution in [-0.4, -0.2) is 52.1 Å². The highest BCUT2D eigenvalue weighted by atomic mass is 32.2. The summed E-state index contributed by atoms with van der Waals surface area (Å²) in [5.74, 6) is 0.940. The minimum absolute atomic E-state index is 0.107.